The van der Waals surface area contributed by atoms with Gasteiger partial charge in [-0.05, 0) is 29.8 Å². The summed E-state index contributed by atoms with van der Waals surface area (Å²) in [6, 6.07) is 14.0. The van der Waals surface area contributed by atoms with Crippen molar-refractivity contribution in [2.45, 2.75) is 22.8 Å². The van der Waals surface area contributed by atoms with Crippen LogP contribution < -0.4 is 0 Å². The Bertz CT molecular complexity index is 945. The number of benzene rings is 2. The summed E-state index contributed by atoms with van der Waals surface area (Å²) < 4.78 is 37.4. The van der Waals surface area contributed by atoms with Gasteiger partial charge < -0.3 is 9.47 Å². The molecule has 1 fully saturated rings. The number of thioether (sulfide) groups is 1. The van der Waals surface area contributed by atoms with Crippen LogP contribution in [0.4, 0.5) is 0 Å². The van der Waals surface area contributed by atoms with Gasteiger partial charge >= 0.3 is 5.97 Å². The summed E-state index contributed by atoms with van der Waals surface area (Å²) in [6.45, 7) is 1.49. The van der Waals surface area contributed by atoms with Gasteiger partial charge in [0.25, 0.3) is 0 Å². The molecule has 29 heavy (non-hydrogen) atoms. The van der Waals surface area contributed by atoms with Gasteiger partial charge in [0.05, 0.1) is 29.6 Å². The van der Waals surface area contributed by atoms with Crippen molar-refractivity contribution in [1.82, 2.24) is 4.31 Å². The third-order valence-electron chi connectivity index (χ3n) is 4.31. The van der Waals surface area contributed by atoms with E-state index in [9.17, 15) is 13.2 Å². The largest absolute Gasteiger partial charge is 0.461 e. The average Bonchev–Trinajstić information content (AvgIpc) is 2.74. The molecule has 0 saturated carbocycles. The summed E-state index contributed by atoms with van der Waals surface area (Å²) in [5.41, 5.74) is 0.631. The first-order valence-corrected chi connectivity index (χ1v) is 12.0. The first-order chi connectivity index (χ1) is 14.0. The number of rotatable bonds is 8. The fourth-order valence-corrected chi connectivity index (χ4v) is 5.42. The van der Waals surface area contributed by atoms with Gasteiger partial charge in [-0.3, -0.25) is 4.79 Å². The number of esters is 1. The predicted molar refractivity (Wildman–Crippen MR) is 113 cm³/mol. The zero-order valence-corrected chi connectivity index (χ0v) is 18.1. The van der Waals surface area contributed by atoms with Gasteiger partial charge in [-0.25, -0.2) is 8.42 Å². The monoisotopic (exact) mass is 455 g/mol. The fraction of sp³-hybridized carbons (Fsp3) is 0.350. The second-order valence-electron chi connectivity index (χ2n) is 6.35. The van der Waals surface area contributed by atoms with E-state index < -0.39 is 10.0 Å². The lowest BCUT2D eigenvalue weighted by molar-refractivity contribution is -0.144. The van der Waals surface area contributed by atoms with Gasteiger partial charge in [-0.15, -0.1) is 11.8 Å². The Morgan fingerprint density at radius 3 is 2.66 bits per heavy atom. The van der Waals surface area contributed by atoms with Crippen molar-refractivity contribution >= 4 is 39.4 Å². The number of sulfonamides is 1. The van der Waals surface area contributed by atoms with E-state index in [1.165, 1.54) is 16.1 Å². The van der Waals surface area contributed by atoms with Crippen molar-refractivity contribution in [3.05, 3.63) is 59.1 Å². The standard InChI is InChI=1S/C20H22ClNO5S2/c21-18-6-1-2-7-19(18)28-13-8-20(23)27-15-16-4-3-5-17(14-16)29(24,25)22-9-11-26-12-10-22/h1-7,14H,8-13,15H2. The Labute approximate surface area is 180 Å². The van der Waals surface area contributed by atoms with Crippen LogP contribution in [0.1, 0.15) is 12.0 Å². The molecule has 0 amide bonds. The number of halogens is 1. The van der Waals surface area contributed by atoms with Crippen LogP contribution >= 0.6 is 23.4 Å². The minimum Gasteiger partial charge on any atom is -0.461 e. The molecule has 1 saturated heterocycles. The SMILES string of the molecule is O=C(CCSc1ccccc1Cl)OCc1cccc(S(=O)(=O)N2CCOCC2)c1. The highest BCUT2D eigenvalue weighted by Gasteiger charge is 2.26. The van der Waals surface area contributed by atoms with E-state index in [2.05, 4.69) is 0 Å². The Kier molecular flexibility index (Phi) is 7.97. The second kappa shape index (κ2) is 10.4. The normalized spacial score (nSPS) is 15.2. The summed E-state index contributed by atoms with van der Waals surface area (Å²) in [5.74, 6) is 0.208. The highest BCUT2D eigenvalue weighted by Crippen LogP contribution is 2.27. The summed E-state index contributed by atoms with van der Waals surface area (Å²) in [4.78, 5) is 13.1. The smallest absolute Gasteiger partial charge is 0.306 e. The van der Waals surface area contributed by atoms with Crippen molar-refractivity contribution < 1.29 is 22.7 Å². The molecule has 156 valence electrons. The minimum atomic E-state index is -3.57. The van der Waals surface area contributed by atoms with E-state index in [-0.39, 0.29) is 23.9 Å². The van der Waals surface area contributed by atoms with Crippen LogP contribution in [0.15, 0.2) is 58.3 Å². The van der Waals surface area contributed by atoms with Crippen molar-refractivity contribution in [2.24, 2.45) is 0 Å². The zero-order chi connectivity index (χ0) is 20.7. The van der Waals surface area contributed by atoms with Gasteiger partial charge in [0.15, 0.2) is 0 Å². The summed E-state index contributed by atoms with van der Waals surface area (Å²) in [6.07, 6.45) is 0.238. The molecule has 2 aromatic rings. The van der Waals surface area contributed by atoms with E-state index in [1.807, 2.05) is 18.2 Å². The van der Waals surface area contributed by atoms with Gasteiger partial charge in [0, 0.05) is 23.7 Å². The van der Waals surface area contributed by atoms with E-state index in [0.717, 1.165) is 4.90 Å². The lowest BCUT2D eigenvalue weighted by Gasteiger charge is -2.26. The Hall–Kier alpha value is -1.58. The van der Waals surface area contributed by atoms with Crippen molar-refractivity contribution in [3.63, 3.8) is 0 Å². The predicted octanol–water partition coefficient (Wildman–Crippen LogP) is 3.59. The molecule has 0 unspecified atom stereocenters. The van der Waals surface area contributed by atoms with E-state index in [4.69, 9.17) is 21.1 Å². The average molecular weight is 456 g/mol. The number of hydrogen-bond acceptors (Lipinski definition) is 6. The highest BCUT2D eigenvalue weighted by molar-refractivity contribution is 7.99. The molecule has 1 aliphatic rings. The second-order valence-corrected chi connectivity index (χ2v) is 9.84. The molecule has 2 aromatic carbocycles. The Morgan fingerprint density at radius 2 is 1.90 bits per heavy atom. The molecule has 1 aliphatic heterocycles. The number of morpholine rings is 1. The maximum Gasteiger partial charge on any atom is 0.306 e. The molecule has 0 atom stereocenters. The van der Waals surface area contributed by atoms with Crippen LogP contribution in [0.5, 0.6) is 0 Å². The number of ether oxygens (including phenoxy) is 2. The van der Waals surface area contributed by atoms with Crippen LogP contribution in [0.3, 0.4) is 0 Å². The van der Waals surface area contributed by atoms with Gasteiger partial charge in [-0.2, -0.15) is 4.31 Å². The van der Waals surface area contributed by atoms with Crippen molar-refractivity contribution in [2.75, 3.05) is 32.1 Å². The molecule has 0 bridgehead atoms. The topological polar surface area (TPSA) is 72.9 Å². The molecule has 1 heterocycles. The molecular formula is C20H22ClNO5S2. The number of carbonyl (C=O) groups excluding carboxylic acids is 1. The van der Waals surface area contributed by atoms with E-state index in [0.29, 0.717) is 42.6 Å². The summed E-state index contributed by atoms with van der Waals surface area (Å²) in [5, 5.41) is 0.657. The quantitative estimate of drug-likeness (QED) is 0.447. The summed E-state index contributed by atoms with van der Waals surface area (Å²) in [7, 11) is -3.57. The molecule has 0 radical (unpaired) electrons. The number of nitrogens with zero attached hydrogens (tertiary/aromatic N) is 1. The molecule has 0 aliphatic carbocycles. The maximum atomic E-state index is 12.7. The third-order valence-corrected chi connectivity index (χ3v) is 7.72. The first kappa shape index (κ1) is 22.1. The third kappa shape index (κ3) is 6.20. The van der Waals surface area contributed by atoms with Crippen LogP contribution in [-0.2, 0) is 30.9 Å². The van der Waals surface area contributed by atoms with E-state index in [1.54, 1.807) is 30.3 Å². The Morgan fingerprint density at radius 1 is 1.14 bits per heavy atom. The molecule has 0 aromatic heterocycles. The van der Waals surface area contributed by atoms with Gasteiger partial charge in [0.1, 0.15) is 6.61 Å². The molecule has 6 nitrogen and oxygen atoms in total. The maximum absolute atomic E-state index is 12.7. The minimum absolute atomic E-state index is 0.0298. The molecule has 9 heteroatoms. The van der Waals surface area contributed by atoms with Crippen LogP contribution in [-0.4, -0.2) is 50.7 Å². The first-order valence-electron chi connectivity index (χ1n) is 9.16. The zero-order valence-electron chi connectivity index (χ0n) is 15.8. The van der Waals surface area contributed by atoms with E-state index >= 15 is 0 Å². The number of hydrogen-bond donors (Lipinski definition) is 0. The fourth-order valence-electron chi connectivity index (χ4n) is 2.77. The van der Waals surface area contributed by atoms with Crippen LogP contribution in [0.25, 0.3) is 0 Å². The van der Waals surface area contributed by atoms with Gasteiger partial charge in [0.2, 0.25) is 10.0 Å². The lowest BCUT2D eigenvalue weighted by atomic mass is 10.2. The van der Waals surface area contributed by atoms with Crippen LogP contribution in [0, 0.1) is 0 Å². The highest BCUT2D eigenvalue weighted by atomic mass is 35.5. The molecule has 3 rings (SSSR count). The van der Waals surface area contributed by atoms with Crippen molar-refractivity contribution in [1.29, 1.82) is 0 Å². The lowest BCUT2D eigenvalue weighted by Crippen LogP contribution is -2.40. The molecule has 0 N–H and O–H groups in total. The summed E-state index contributed by atoms with van der Waals surface area (Å²) >= 11 is 7.58. The number of carbonyl (C=O) groups is 1. The van der Waals surface area contributed by atoms with Gasteiger partial charge in [-0.1, -0.05) is 35.9 Å². The molecular weight excluding hydrogens is 434 g/mol. The van der Waals surface area contributed by atoms with Crippen molar-refractivity contribution in [3.8, 4) is 0 Å². The van der Waals surface area contributed by atoms with Crippen LogP contribution in [0.2, 0.25) is 5.02 Å². The Balaban J connectivity index is 1.51. The molecule has 0 spiro atoms.